The number of benzene rings is 2. The highest BCUT2D eigenvalue weighted by molar-refractivity contribution is 9.11. The number of methoxy groups -OCH3 is 1. The average Bonchev–Trinajstić information content (AvgIpc) is 2.42. The molecule has 2 aromatic rings. The van der Waals surface area contributed by atoms with Crippen molar-refractivity contribution in [1.82, 2.24) is 0 Å². The van der Waals surface area contributed by atoms with E-state index in [1.165, 1.54) is 19.2 Å². The van der Waals surface area contributed by atoms with Gasteiger partial charge in [0.25, 0.3) is 10.0 Å². The van der Waals surface area contributed by atoms with Gasteiger partial charge in [-0.25, -0.2) is 8.42 Å². The fourth-order valence-corrected chi connectivity index (χ4v) is 3.89. The zero-order valence-corrected chi connectivity index (χ0v) is 14.4. The van der Waals surface area contributed by atoms with Crippen molar-refractivity contribution in [3.63, 3.8) is 0 Å². The zero-order chi connectivity index (χ0) is 14.8. The highest BCUT2D eigenvalue weighted by atomic mass is 79.9. The molecule has 0 aliphatic rings. The molecule has 0 amide bonds. The van der Waals surface area contributed by atoms with Crippen molar-refractivity contribution in [1.29, 1.82) is 0 Å². The van der Waals surface area contributed by atoms with E-state index in [0.29, 0.717) is 15.9 Å². The van der Waals surface area contributed by atoms with Gasteiger partial charge in [-0.05, 0) is 58.4 Å². The third-order valence-corrected chi connectivity index (χ3v) is 5.08. The summed E-state index contributed by atoms with van der Waals surface area (Å²) in [6.07, 6.45) is 0. The molecule has 0 spiro atoms. The van der Waals surface area contributed by atoms with E-state index < -0.39 is 10.0 Å². The van der Waals surface area contributed by atoms with Gasteiger partial charge >= 0.3 is 0 Å². The normalized spacial score (nSPS) is 11.2. The minimum absolute atomic E-state index is 0.174. The number of ether oxygens (including phenoxy) is 1. The molecular formula is C13H11Br2NO3S. The van der Waals surface area contributed by atoms with Gasteiger partial charge in [0.15, 0.2) is 0 Å². The van der Waals surface area contributed by atoms with Crippen LogP contribution in [0.1, 0.15) is 0 Å². The topological polar surface area (TPSA) is 55.4 Å². The lowest BCUT2D eigenvalue weighted by Gasteiger charge is -2.10. The summed E-state index contributed by atoms with van der Waals surface area (Å²) >= 11 is 6.63. The summed E-state index contributed by atoms with van der Waals surface area (Å²) < 4.78 is 33.6. The second-order valence-electron chi connectivity index (χ2n) is 3.91. The van der Waals surface area contributed by atoms with Crippen LogP contribution in [0.5, 0.6) is 5.75 Å². The number of sulfonamides is 1. The van der Waals surface area contributed by atoms with E-state index in [0.717, 1.165) is 4.47 Å². The molecule has 0 atom stereocenters. The van der Waals surface area contributed by atoms with Gasteiger partial charge in [0.1, 0.15) is 5.75 Å². The predicted molar refractivity (Wildman–Crippen MR) is 85.6 cm³/mol. The molecule has 0 aliphatic carbocycles. The Labute approximate surface area is 134 Å². The molecule has 0 fully saturated rings. The van der Waals surface area contributed by atoms with Crippen LogP contribution in [0.15, 0.2) is 56.3 Å². The molecule has 20 heavy (non-hydrogen) atoms. The van der Waals surface area contributed by atoms with Crippen LogP contribution in [-0.4, -0.2) is 15.5 Å². The first kappa shape index (κ1) is 15.3. The molecule has 0 aliphatic heterocycles. The fourth-order valence-electron chi connectivity index (χ4n) is 1.53. The van der Waals surface area contributed by atoms with Crippen LogP contribution in [0.3, 0.4) is 0 Å². The number of hydrogen-bond donors (Lipinski definition) is 1. The molecular weight excluding hydrogens is 410 g/mol. The van der Waals surface area contributed by atoms with Crippen molar-refractivity contribution in [3.8, 4) is 5.75 Å². The molecule has 2 aromatic carbocycles. The molecule has 2 rings (SSSR count). The van der Waals surface area contributed by atoms with E-state index in [4.69, 9.17) is 4.74 Å². The van der Waals surface area contributed by atoms with Crippen molar-refractivity contribution in [2.75, 3.05) is 11.8 Å². The Morgan fingerprint density at radius 2 is 1.70 bits per heavy atom. The third-order valence-electron chi connectivity index (χ3n) is 2.55. The summed E-state index contributed by atoms with van der Waals surface area (Å²) in [5.74, 6) is 0.605. The predicted octanol–water partition coefficient (Wildman–Crippen LogP) is 4.02. The molecule has 0 saturated heterocycles. The lowest BCUT2D eigenvalue weighted by molar-refractivity contribution is 0.414. The van der Waals surface area contributed by atoms with Gasteiger partial charge in [0.2, 0.25) is 0 Å². The molecule has 1 N–H and O–H groups in total. The van der Waals surface area contributed by atoms with Gasteiger partial charge in [-0.3, -0.25) is 4.72 Å². The minimum atomic E-state index is -3.62. The van der Waals surface area contributed by atoms with Gasteiger partial charge in [-0.1, -0.05) is 15.9 Å². The molecule has 0 bridgehead atoms. The van der Waals surface area contributed by atoms with Crippen LogP contribution >= 0.6 is 31.9 Å². The lowest BCUT2D eigenvalue weighted by Crippen LogP contribution is -2.13. The van der Waals surface area contributed by atoms with Crippen molar-refractivity contribution in [2.24, 2.45) is 0 Å². The van der Waals surface area contributed by atoms with E-state index in [1.54, 1.807) is 30.3 Å². The maximum atomic E-state index is 12.3. The first-order valence-corrected chi connectivity index (χ1v) is 8.61. The average molecular weight is 421 g/mol. The van der Waals surface area contributed by atoms with E-state index in [-0.39, 0.29) is 4.90 Å². The molecule has 0 radical (unpaired) electrons. The molecule has 0 heterocycles. The maximum absolute atomic E-state index is 12.3. The minimum Gasteiger partial charge on any atom is -0.497 e. The second-order valence-corrected chi connectivity index (χ2v) is 7.36. The summed E-state index contributed by atoms with van der Waals surface area (Å²) in [4.78, 5) is 0.174. The smallest absolute Gasteiger partial charge is 0.261 e. The number of anilines is 1. The Hall–Kier alpha value is -1.05. The van der Waals surface area contributed by atoms with E-state index in [2.05, 4.69) is 36.6 Å². The molecule has 106 valence electrons. The molecule has 0 saturated carbocycles. The summed E-state index contributed by atoms with van der Waals surface area (Å²) in [7, 11) is -2.10. The SMILES string of the molecule is COc1ccc(S(=O)(=O)Nc2ccc(Br)cc2Br)cc1. The largest absolute Gasteiger partial charge is 0.497 e. The first-order chi connectivity index (χ1) is 9.42. The Kier molecular flexibility index (Phi) is 4.72. The van der Waals surface area contributed by atoms with Gasteiger partial charge in [0, 0.05) is 8.95 Å². The Balaban J connectivity index is 2.30. The second kappa shape index (κ2) is 6.15. The third kappa shape index (κ3) is 3.53. The quantitative estimate of drug-likeness (QED) is 0.812. The standard InChI is InChI=1S/C13H11Br2NO3S/c1-19-10-3-5-11(6-4-10)20(17,18)16-13-7-2-9(14)8-12(13)15/h2-8,16H,1H3. The Morgan fingerprint density at radius 1 is 1.05 bits per heavy atom. The Bertz CT molecular complexity index is 715. The Morgan fingerprint density at radius 3 is 2.25 bits per heavy atom. The summed E-state index contributed by atoms with van der Waals surface area (Å²) in [5.41, 5.74) is 0.476. The van der Waals surface area contributed by atoms with Crippen LogP contribution in [0.2, 0.25) is 0 Å². The van der Waals surface area contributed by atoms with Crippen LogP contribution in [0, 0.1) is 0 Å². The van der Waals surface area contributed by atoms with Crippen molar-refractivity contribution >= 4 is 47.6 Å². The van der Waals surface area contributed by atoms with E-state index in [1.807, 2.05) is 0 Å². The summed E-state index contributed by atoms with van der Waals surface area (Å²) in [6, 6.07) is 11.4. The molecule has 7 heteroatoms. The maximum Gasteiger partial charge on any atom is 0.261 e. The number of rotatable bonds is 4. The highest BCUT2D eigenvalue weighted by Crippen LogP contribution is 2.28. The van der Waals surface area contributed by atoms with Crippen molar-refractivity contribution in [3.05, 3.63) is 51.4 Å². The van der Waals surface area contributed by atoms with E-state index in [9.17, 15) is 8.42 Å². The van der Waals surface area contributed by atoms with Crippen LogP contribution in [-0.2, 0) is 10.0 Å². The highest BCUT2D eigenvalue weighted by Gasteiger charge is 2.15. The van der Waals surface area contributed by atoms with E-state index >= 15 is 0 Å². The number of hydrogen-bond acceptors (Lipinski definition) is 3. The van der Waals surface area contributed by atoms with Crippen molar-refractivity contribution in [2.45, 2.75) is 4.90 Å². The van der Waals surface area contributed by atoms with Gasteiger partial charge < -0.3 is 4.74 Å². The lowest BCUT2D eigenvalue weighted by atomic mass is 10.3. The fraction of sp³-hybridized carbons (Fsp3) is 0.0769. The van der Waals surface area contributed by atoms with Gasteiger partial charge in [0.05, 0.1) is 17.7 Å². The first-order valence-electron chi connectivity index (χ1n) is 5.54. The number of nitrogens with one attached hydrogen (secondary N) is 1. The summed E-state index contributed by atoms with van der Waals surface area (Å²) in [6.45, 7) is 0. The van der Waals surface area contributed by atoms with Crippen molar-refractivity contribution < 1.29 is 13.2 Å². The molecule has 0 unspecified atom stereocenters. The van der Waals surface area contributed by atoms with Gasteiger partial charge in [-0.15, -0.1) is 0 Å². The monoisotopic (exact) mass is 419 g/mol. The number of halogens is 2. The van der Waals surface area contributed by atoms with Crippen LogP contribution in [0.4, 0.5) is 5.69 Å². The van der Waals surface area contributed by atoms with Crippen LogP contribution in [0.25, 0.3) is 0 Å². The van der Waals surface area contributed by atoms with Gasteiger partial charge in [-0.2, -0.15) is 0 Å². The van der Waals surface area contributed by atoms with Crippen LogP contribution < -0.4 is 9.46 Å². The summed E-state index contributed by atoms with van der Waals surface area (Å²) in [5, 5.41) is 0. The zero-order valence-electron chi connectivity index (χ0n) is 10.4. The molecule has 0 aromatic heterocycles. The molecule has 4 nitrogen and oxygen atoms in total.